The molecule has 0 aromatic heterocycles. The number of rotatable bonds is 3. The monoisotopic (exact) mass is 185 g/mol. The second-order valence-corrected chi connectivity index (χ2v) is 2.76. The molecule has 0 fully saturated rings. The van der Waals surface area contributed by atoms with Crippen LogP contribution in [0.3, 0.4) is 0 Å². The topological polar surface area (TPSA) is 52.5 Å². The van der Waals surface area contributed by atoms with Gasteiger partial charge in [0, 0.05) is 0 Å². The summed E-state index contributed by atoms with van der Waals surface area (Å²) < 4.78 is 13.1. The standard InChI is InChI=1S/C9H12FNO2/c1-11-5-4-6-2-3-7(12)9(13)8(6)10/h2-3,11-13H,4-5H2,1H3. The molecule has 1 aromatic carbocycles. The van der Waals surface area contributed by atoms with Gasteiger partial charge in [0.1, 0.15) is 0 Å². The zero-order chi connectivity index (χ0) is 9.84. The predicted octanol–water partition coefficient (Wildman–Crippen LogP) is 0.999. The zero-order valence-corrected chi connectivity index (χ0v) is 7.34. The zero-order valence-electron chi connectivity index (χ0n) is 7.34. The van der Waals surface area contributed by atoms with Crippen LogP contribution in [0.25, 0.3) is 0 Å². The lowest BCUT2D eigenvalue weighted by atomic mass is 10.1. The van der Waals surface area contributed by atoms with E-state index >= 15 is 0 Å². The quantitative estimate of drug-likeness (QED) is 0.616. The molecule has 0 bridgehead atoms. The van der Waals surface area contributed by atoms with Crippen LogP contribution in [0.15, 0.2) is 12.1 Å². The van der Waals surface area contributed by atoms with Gasteiger partial charge in [0.25, 0.3) is 0 Å². The van der Waals surface area contributed by atoms with E-state index < -0.39 is 17.3 Å². The van der Waals surface area contributed by atoms with Gasteiger partial charge in [-0.3, -0.25) is 0 Å². The minimum atomic E-state index is -0.741. The average molecular weight is 185 g/mol. The molecule has 0 unspecified atom stereocenters. The van der Waals surface area contributed by atoms with E-state index in [1.807, 2.05) is 0 Å². The van der Waals surface area contributed by atoms with Crippen molar-refractivity contribution in [2.45, 2.75) is 6.42 Å². The fourth-order valence-electron chi connectivity index (χ4n) is 1.05. The highest BCUT2D eigenvalue weighted by molar-refractivity contribution is 5.42. The van der Waals surface area contributed by atoms with Crippen LogP contribution in [0.4, 0.5) is 4.39 Å². The molecule has 0 aliphatic rings. The third-order valence-corrected chi connectivity index (χ3v) is 1.82. The Hall–Kier alpha value is -1.29. The molecule has 0 radical (unpaired) electrons. The smallest absolute Gasteiger partial charge is 0.194 e. The van der Waals surface area contributed by atoms with Gasteiger partial charge in [-0.2, -0.15) is 0 Å². The summed E-state index contributed by atoms with van der Waals surface area (Å²) in [4.78, 5) is 0. The summed E-state index contributed by atoms with van der Waals surface area (Å²) >= 11 is 0. The Morgan fingerprint density at radius 1 is 1.38 bits per heavy atom. The summed E-state index contributed by atoms with van der Waals surface area (Å²) in [5, 5.41) is 20.9. The van der Waals surface area contributed by atoms with Crippen molar-refractivity contribution in [2.24, 2.45) is 0 Å². The number of nitrogens with one attached hydrogen (secondary N) is 1. The molecule has 3 N–H and O–H groups in total. The van der Waals surface area contributed by atoms with E-state index in [1.54, 1.807) is 7.05 Å². The van der Waals surface area contributed by atoms with Gasteiger partial charge in [-0.15, -0.1) is 0 Å². The lowest BCUT2D eigenvalue weighted by Crippen LogP contribution is -2.11. The van der Waals surface area contributed by atoms with Crippen LogP contribution in [0.1, 0.15) is 5.56 Å². The molecular formula is C9H12FNO2. The van der Waals surface area contributed by atoms with Gasteiger partial charge in [-0.25, -0.2) is 4.39 Å². The molecule has 0 saturated heterocycles. The molecule has 0 saturated carbocycles. The molecule has 0 atom stereocenters. The van der Waals surface area contributed by atoms with Gasteiger partial charge in [-0.05, 0) is 31.6 Å². The Labute approximate surface area is 75.8 Å². The summed E-state index contributed by atoms with van der Waals surface area (Å²) in [6.07, 6.45) is 0.482. The highest BCUT2D eigenvalue weighted by Gasteiger charge is 2.10. The van der Waals surface area contributed by atoms with Crippen molar-refractivity contribution in [3.8, 4) is 11.5 Å². The van der Waals surface area contributed by atoms with Crippen LogP contribution in [0, 0.1) is 5.82 Å². The maximum absolute atomic E-state index is 13.1. The Kier molecular flexibility index (Phi) is 3.08. The molecule has 0 aliphatic carbocycles. The molecular weight excluding hydrogens is 173 g/mol. The van der Waals surface area contributed by atoms with E-state index in [2.05, 4.69) is 5.32 Å². The fourth-order valence-corrected chi connectivity index (χ4v) is 1.05. The minimum Gasteiger partial charge on any atom is -0.504 e. The molecule has 0 spiro atoms. The molecule has 0 amide bonds. The highest BCUT2D eigenvalue weighted by Crippen LogP contribution is 2.29. The summed E-state index contributed by atoms with van der Waals surface area (Å²) in [6, 6.07) is 2.74. The molecule has 0 heterocycles. The molecule has 1 rings (SSSR count). The molecule has 13 heavy (non-hydrogen) atoms. The first-order valence-electron chi connectivity index (χ1n) is 4.00. The first-order chi connectivity index (χ1) is 6.16. The van der Waals surface area contributed by atoms with Gasteiger partial charge in [0.2, 0.25) is 0 Å². The van der Waals surface area contributed by atoms with E-state index in [-0.39, 0.29) is 0 Å². The molecule has 1 aromatic rings. The van der Waals surface area contributed by atoms with E-state index in [0.717, 1.165) is 0 Å². The van der Waals surface area contributed by atoms with Crippen LogP contribution < -0.4 is 5.32 Å². The molecule has 3 nitrogen and oxygen atoms in total. The van der Waals surface area contributed by atoms with Gasteiger partial charge in [0.05, 0.1) is 0 Å². The van der Waals surface area contributed by atoms with Crippen molar-refractivity contribution in [2.75, 3.05) is 13.6 Å². The summed E-state index contributed by atoms with van der Waals surface area (Å²) in [5.41, 5.74) is 0.393. The predicted molar refractivity (Wildman–Crippen MR) is 47.4 cm³/mol. The van der Waals surface area contributed by atoms with Gasteiger partial charge in [0.15, 0.2) is 17.3 Å². The lowest BCUT2D eigenvalue weighted by molar-refractivity contribution is 0.376. The number of phenolic OH excluding ortho intramolecular Hbond substituents is 2. The number of halogens is 1. The van der Waals surface area contributed by atoms with Crippen LogP contribution in [0.2, 0.25) is 0 Å². The fraction of sp³-hybridized carbons (Fsp3) is 0.333. The molecule has 72 valence electrons. The van der Waals surface area contributed by atoms with Crippen molar-refractivity contribution in [1.82, 2.24) is 5.32 Å². The number of hydrogen-bond donors (Lipinski definition) is 3. The third kappa shape index (κ3) is 2.09. The van der Waals surface area contributed by atoms with E-state index in [0.29, 0.717) is 18.5 Å². The minimum absolute atomic E-state index is 0.393. The number of benzene rings is 1. The van der Waals surface area contributed by atoms with Crippen molar-refractivity contribution in [3.63, 3.8) is 0 Å². The lowest BCUT2D eigenvalue weighted by Gasteiger charge is -2.05. The Balaban J connectivity index is 2.90. The first kappa shape index (κ1) is 9.80. The van der Waals surface area contributed by atoms with Crippen LogP contribution >= 0.6 is 0 Å². The van der Waals surface area contributed by atoms with Crippen molar-refractivity contribution in [3.05, 3.63) is 23.5 Å². The van der Waals surface area contributed by atoms with Crippen molar-refractivity contribution in [1.29, 1.82) is 0 Å². The largest absolute Gasteiger partial charge is 0.504 e. The van der Waals surface area contributed by atoms with E-state index in [4.69, 9.17) is 10.2 Å². The molecule has 0 aliphatic heterocycles. The van der Waals surface area contributed by atoms with E-state index in [1.165, 1.54) is 12.1 Å². The third-order valence-electron chi connectivity index (χ3n) is 1.82. The normalized spacial score (nSPS) is 10.3. The van der Waals surface area contributed by atoms with Crippen molar-refractivity contribution < 1.29 is 14.6 Å². The Morgan fingerprint density at radius 3 is 2.69 bits per heavy atom. The summed E-state index contributed by atoms with van der Waals surface area (Å²) in [6.45, 7) is 0.626. The SMILES string of the molecule is CNCCc1ccc(O)c(O)c1F. The number of phenols is 2. The van der Waals surface area contributed by atoms with Gasteiger partial charge in [-0.1, -0.05) is 6.07 Å². The Morgan fingerprint density at radius 2 is 2.08 bits per heavy atom. The Bertz CT molecular complexity index is 302. The average Bonchev–Trinajstić information content (AvgIpc) is 2.13. The van der Waals surface area contributed by atoms with E-state index in [9.17, 15) is 4.39 Å². The number of aromatic hydroxyl groups is 2. The van der Waals surface area contributed by atoms with Crippen molar-refractivity contribution >= 4 is 0 Å². The summed E-state index contributed by atoms with van der Waals surface area (Å²) in [7, 11) is 1.76. The maximum atomic E-state index is 13.1. The maximum Gasteiger partial charge on any atom is 0.194 e. The first-order valence-corrected chi connectivity index (χ1v) is 4.00. The van der Waals surface area contributed by atoms with Crippen LogP contribution in [-0.2, 0) is 6.42 Å². The number of hydrogen-bond acceptors (Lipinski definition) is 3. The second kappa shape index (κ2) is 4.09. The summed E-state index contributed by atoms with van der Waals surface area (Å²) in [5.74, 6) is -1.84. The van der Waals surface area contributed by atoms with Gasteiger partial charge < -0.3 is 15.5 Å². The second-order valence-electron chi connectivity index (χ2n) is 2.76. The van der Waals surface area contributed by atoms with Crippen LogP contribution in [0.5, 0.6) is 11.5 Å². The number of likely N-dealkylation sites (N-methyl/N-ethyl adjacent to an activating group) is 1. The molecule has 4 heteroatoms. The van der Waals surface area contributed by atoms with Crippen LogP contribution in [-0.4, -0.2) is 23.8 Å². The van der Waals surface area contributed by atoms with Gasteiger partial charge >= 0.3 is 0 Å². The highest BCUT2D eigenvalue weighted by atomic mass is 19.1.